The first kappa shape index (κ1) is 10.0. The SMILES string of the molecule is CN(C)c1cccc(C(=C=N)C#N)c1. The smallest absolute Gasteiger partial charge is 0.120 e. The lowest BCUT2D eigenvalue weighted by molar-refractivity contribution is 1.13. The minimum Gasteiger partial charge on any atom is -0.378 e. The van der Waals surface area contributed by atoms with Gasteiger partial charge in [-0.05, 0) is 18.0 Å². The standard InChI is InChI=1S/C11H11N3/c1-14(2)11-5-3-4-9(6-11)10(7-12)8-13/h3-6,12H,1-2H3. The quantitative estimate of drug-likeness (QED) is 0.565. The van der Waals surface area contributed by atoms with E-state index in [1.807, 2.05) is 43.3 Å². The summed E-state index contributed by atoms with van der Waals surface area (Å²) in [6.07, 6.45) is 0. The lowest BCUT2D eigenvalue weighted by atomic mass is 10.1. The number of allylic oxidation sites excluding steroid dienone is 1. The fourth-order valence-corrected chi connectivity index (χ4v) is 1.10. The highest BCUT2D eigenvalue weighted by Gasteiger charge is 2.01. The van der Waals surface area contributed by atoms with Crippen molar-refractivity contribution in [3.63, 3.8) is 0 Å². The Kier molecular flexibility index (Phi) is 3.06. The molecule has 1 N–H and O–H groups in total. The van der Waals surface area contributed by atoms with Gasteiger partial charge in [0.15, 0.2) is 0 Å². The molecule has 1 aromatic carbocycles. The molecular weight excluding hydrogens is 174 g/mol. The summed E-state index contributed by atoms with van der Waals surface area (Å²) in [6, 6.07) is 9.40. The summed E-state index contributed by atoms with van der Waals surface area (Å²) in [5, 5.41) is 15.7. The van der Waals surface area contributed by atoms with Crippen molar-refractivity contribution in [1.82, 2.24) is 0 Å². The number of anilines is 1. The van der Waals surface area contributed by atoms with Crippen LogP contribution < -0.4 is 4.90 Å². The van der Waals surface area contributed by atoms with E-state index in [0.717, 1.165) is 11.3 Å². The van der Waals surface area contributed by atoms with E-state index in [2.05, 4.69) is 5.87 Å². The average Bonchev–Trinajstić information content (AvgIpc) is 2.20. The molecule has 0 spiro atoms. The zero-order valence-electron chi connectivity index (χ0n) is 8.20. The third kappa shape index (κ3) is 2.01. The second-order valence-corrected chi connectivity index (χ2v) is 3.06. The van der Waals surface area contributed by atoms with Crippen molar-refractivity contribution in [2.24, 2.45) is 0 Å². The van der Waals surface area contributed by atoms with Gasteiger partial charge in [-0.2, -0.15) is 5.26 Å². The molecular formula is C11H11N3. The normalized spacial score (nSPS) is 8.64. The minimum atomic E-state index is 0.258. The van der Waals surface area contributed by atoms with Crippen molar-refractivity contribution in [2.75, 3.05) is 19.0 Å². The molecule has 0 aliphatic carbocycles. The van der Waals surface area contributed by atoms with Crippen LogP contribution in [0.5, 0.6) is 0 Å². The lowest BCUT2D eigenvalue weighted by Gasteiger charge is -2.12. The van der Waals surface area contributed by atoms with E-state index in [0.29, 0.717) is 0 Å². The van der Waals surface area contributed by atoms with Crippen LogP contribution in [0, 0.1) is 16.7 Å². The first-order valence-electron chi connectivity index (χ1n) is 4.16. The number of nitrogens with one attached hydrogen (secondary N) is 1. The molecule has 0 aromatic heterocycles. The number of hydrogen-bond acceptors (Lipinski definition) is 3. The van der Waals surface area contributed by atoms with Crippen LogP contribution in [0.2, 0.25) is 0 Å². The average molecular weight is 185 g/mol. The van der Waals surface area contributed by atoms with E-state index in [1.54, 1.807) is 6.07 Å². The van der Waals surface area contributed by atoms with Gasteiger partial charge in [-0.3, -0.25) is 5.41 Å². The number of benzene rings is 1. The number of nitrogens with zero attached hydrogens (tertiary/aromatic N) is 2. The second-order valence-electron chi connectivity index (χ2n) is 3.06. The molecule has 70 valence electrons. The summed E-state index contributed by atoms with van der Waals surface area (Å²) in [4.78, 5) is 1.95. The Morgan fingerprint density at radius 2 is 2.14 bits per heavy atom. The van der Waals surface area contributed by atoms with Crippen LogP contribution in [0.3, 0.4) is 0 Å². The lowest BCUT2D eigenvalue weighted by Crippen LogP contribution is -2.08. The highest BCUT2D eigenvalue weighted by atomic mass is 15.1. The maximum atomic E-state index is 8.73. The fraction of sp³-hybridized carbons (Fsp3) is 0.182. The molecule has 0 aliphatic rings. The fourth-order valence-electron chi connectivity index (χ4n) is 1.10. The van der Waals surface area contributed by atoms with Gasteiger partial charge >= 0.3 is 0 Å². The molecule has 0 amide bonds. The summed E-state index contributed by atoms with van der Waals surface area (Å²) in [6.45, 7) is 0. The van der Waals surface area contributed by atoms with E-state index in [9.17, 15) is 0 Å². The molecule has 1 rings (SSSR count). The zero-order valence-corrected chi connectivity index (χ0v) is 8.20. The molecule has 0 radical (unpaired) electrons. The molecule has 14 heavy (non-hydrogen) atoms. The van der Waals surface area contributed by atoms with Gasteiger partial charge in [-0.25, -0.2) is 0 Å². The van der Waals surface area contributed by atoms with Crippen LogP contribution in [0.25, 0.3) is 5.57 Å². The molecule has 0 bridgehead atoms. The Labute approximate surface area is 83.4 Å². The van der Waals surface area contributed by atoms with Gasteiger partial charge in [-0.1, -0.05) is 12.1 Å². The topological polar surface area (TPSA) is 50.9 Å². The van der Waals surface area contributed by atoms with Crippen molar-refractivity contribution < 1.29 is 0 Å². The zero-order chi connectivity index (χ0) is 10.6. The van der Waals surface area contributed by atoms with Crippen LogP contribution in [0.4, 0.5) is 5.69 Å². The van der Waals surface area contributed by atoms with Crippen LogP contribution in [0.15, 0.2) is 24.3 Å². The van der Waals surface area contributed by atoms with Crippen LogP contribution >= 0.6 is 0 Å². The summed E-state index contributed by atoms with van der Waals surface area (Å²) in [7, 11) is 3.86. The van der Waals surface area contributed by atoms with Crippen molar-refractivity contribution in [2.45, 2.75) is 0 Å². The van der Waals surface area contributed by atoms with Crippen molar-refractivity contribution in [1.29, 1.82) is 10.7 Å². The first-order chi connectivity index (χ1) is 6.69. The molecule has 0 atom stereocenters. The highest BCUT2D eigenvalue weighted by Crippen LogP contribution is 2.17. The van der Waals surface area contributed by atoms with E-state index < -0.39 is 0 Å². The van der Waals surface area contributed by atoms with E-state index in [1.165, 1.54) is 0 Å². The number of rotatable bonds is 2. The summed E-state index contributed by atoms with van der Waals surface area (Å²) >= 11 is 0. The Bertz CT molecular complexity index is 420. The summed E-state index contributed by atoms with van der Waals surface area (Å²) in [5.74, 6) is 2.12. The summed E-state index contributed by atoms with van der Waals surface area (Å²) < 4.78 is 0. The van der Waals surface area contributed by atoms with E-state index in [4.69, 9.17) is 10.7 Å². The molecule has 0 saturated carbocycles. The third-order valence-electron chi connectivity index (χ3n) is 1.89. The Morgan fingerprint density at radius 3 is 2.64 bits per heavy atom. The third-order valence-corrected chi connectivity index (χ3v) is 1.89. The predicted molar refractivity (Wildman–Crippen MR) is 57.5 cm³/mol. The van der Waals surface area contributed by atoms with Gasteiger partial charge in [0, 0.05) is 25.3 Å². The Balaban J connectivity index is 3.19. The molecule has 0 heterocycles. The monoisotopic (exact) mass is 185 g/mol. The van der Waals surface area contributed by atoms with Crippen molar-refractivity contribution >= 4 is 17.1 Å². The molecule has 0 saturated heterocycles. The molecule has 0 fully saturated rings. The second kappa shape index (κ2) is 4.27. The summed E-state index contributed by atoms with van der Waals surface area (Å²) in [5.41, 5.74) is 1.99. The Hall–Kier alpha value is -2.04. The van der Waals surface area contributed by atoms with Crippen LogP contribution in [-0.4, -0.2) is 20.0 Å². The van der Waals surface area contributed by atoms with Gasteiger partial charge in [-0.15, -0.1) is 0 Å². The molecule has 0 unspecified atom stereocenters. The van der Waals surface area contributed by atoms with E-state index in [-0.39, 0.29) is 5.57 Å². The van der Waals surface area contributed by atoms with Gasteiger partial charge in [0.1, 0.15) is 11.6 Å². The minimum absolute atomic E-state index is 0.258. The van der Waals surface area contributed by atoms with Gasteiger partial charge in [0.05, 0.1) is 0 Å². The van der Waals surface area contributed by atoms with Gasteiger partial charge in [0.25, 0.3) is 0 Å². The van der Waals surface area contributed by atoms with E-state index >= 15 is 0 Å². The Morgan fingerprint density at radius 1 is 1.43 bits per heavy atom. The maximum Gasteiger partial charge on any atom is 0.120 e. The number of hydrogen-bond donors (Lipinski definition) is 1. The molecule has 3 nitrogen and oxygen atoms in total. The number of nitriles is 1. The van der Waals surface area contributed by atoms with Crippen molar-refractivity contribution in [3.05, 3.63) is 29.8 Å². The van der Waals surface area contributed by atoms with Gasteiger partial charge in [0.2, 0.25) is 0 Å². The maximum absolute atomic E-state index is 8.73. The van der Waals surface area contributed by atoms with Crippen LogP contribution in [-0.2, 0) is 0 Å². The van der Waals surface area contributed by atoms with Crippen molar-refractivity contribution in [3.8, 4) is 6.07 Å². The van der Waals surface area contributed by atoms with Crippen LogP contribution in [0.1, 0.15) is 5.56 Å². The predicted octanol–water partition coefficient (Wildman–Crippen LogP) is 1.91. The largest absolute Gasteiger partial charge is 0.378 e. The molecule has 1 aromatic rings. The first-order valence-corrected chi connectivity index (χ1v) is 4.16. The molecule has 3 heteroatoms. The van der Waals surface area contributed by atoms with Gasteiger partial charge < -0.3 is 4.90 Å². The molecule has 0 aliphatic heterocycles. The highest BCUT2D eigenvalue weighted by molar-refractivity contribution is 5.96.